The van der Waals surface area contributed by atoms with Crippen molar-refractivity contribution >= 4 is 0 Å². The van der Waals surface area contributed by atoms with Gasteiger partial charge in [0.25, 0.3) is 0 Å². The predicted octanol–water partition coefficient (Wildman–Crippen LogP) is 1.54. The van der Waals surface area contributed by atoms with E-state index in [1.165, 1.54) is 52.0 Å². The summed E-state index contributed by atoms with van der Waals surface area (Å²) in [4.78, 5) is 5.38. The Morgan fingerprint density at radius 1 is 1.18 bits per heavy atom. The molecule has 2 rings (SSSR count). The van der Waals surface area contributed by atoms with E-state index < -0.39 is 0 Å². The van der Waals surface area contributed by atoms with Crippen molar-refractivity contribution in [2.24, 2.45) is 0 Å². The highest BCUT2D eigenvalue weighted by atomic mass is 15.2. The van der Waals surface area contributed by atoms with E-state index in [0.717, 1.165) is 18.1 Å². The molecule has 1 atom stereocenters. The normalized spacial score (nSPS) is 28.4. The number of likely N-dealkylation sites (tertiary alicyclic amines) is 1. The molecule has 0 aromatic heterocycles. The molecule has 3 nitrogen and oxygen atoms in total. The van der Waals surface area contributed by atoms with Gasteiger partial charge in [-0.05, 0) is 59.3 Å². The fourth-order valence-corrected chi connectivity index (χ4v) is 3.47. The molecule has 0 aromatic carbocycles. The maximum absolute atomic E-state index is 3.50. The summed E-state index contributed by atoms with van der Waals surface area (Å²) in [7, 11) is 0. The summed E-state index contributed by atoms with van der Waals surface area (Å²) in [5.41, 5.74) is 0. The quantitative estimate of drug-likeness (QED) is 0.803. The molecule has 3 heteroatoms. The van der Waals surface area contributed by atoms with Gasteiger partial charge in [0.1, 0.15) is 0 Å². The third-order valence-corrected chi connectivity index (χ3v) is 4.57. The molecule has 2 fully saturated rings. The molecule has 2 heterocycles. The van der Waals surface area contributed by atoms with Gasteiger partial charge in [-0.3, -0.25) is 4.90 Å². The molecule has 0 aliphatic carbocycles. The summed E-state index contributed by atoms with van der Waals surface area (Å²) in [6.07, 6.45) is 4.07. The van der Waals surface area contributed by atoms with Gasteiger partial charge in [-0.15, -0.1) is 0 Å². The maximum atomic E-state index is 3.50. The number of nitrogens with zero attached hydrogens (tertiary/aromatic N) is 2. The van der Waals surface area contributed by atoms with Crippen molar-refractivity contribution in [3.05, 3.63) is 0 Å². The zero-order valence-corrected chi connectivity index (χ0v) is 11.8. The van der Waals surface area contributed by atoms with Crippen molar-refractivity contribution in [2.45, 2.75) is 58.2 Å². The molecule has 0 radical (unpaired) electrons. The zero-order chi connectivity index (χ0) is 12.3. The van der Waals surface area contributed by atoms with E-state index in [1.807, 2.05) is 0 Å². The fourth-order valence-electron chi connectivity index (χ4n) is 3.47. The lowest BCUT2D eigenvalue weighted by Gasteiger charge is -2.42. The summed E-state index contributed by atoms with van der Waals surface area (Å²) < 4.78 is 0. The topological polar surface area (TPSA) is 18.5 Å². The molecular weight excluding hydrogens is 210 g/mol. The lowest BCUT2D eigenvalue weighted by Crippen LogP contribution is -2.50. The Morgan fingerprint density at radius 3 is 2.35 bits per heavy atom. The van der Waals surface area contributed by atoms with E-state index in [2.05, 4.69) is 35.9 Å². The standard InChI is InChI=1S/C14H29N3/c1-4-17(14-5-8-15-11-14)13-6-9-16(10-7-13)12(2)3/h12-15H,4-11H2,1-3H3. The molecule has 2 aliphatic rings. The van der Waals surface area contributed by atoms with Crippen LogP contribution >= 0.6 is 0 Å². The molecule has 0 bridgehead atoms. The molecular formula is C14H29N3. The summed E-state index contributed by atoms with van der Waals surface area (Å²) in [6.45, 7) is 13.2. The SMILES string of the molecule is CCN(C1CCN(C(C)C)CC1)C1CCNC1. The van der Waals surface area contributed by atoms with Gasteiger partial charge in [-0.1, -0.05) is 6.92 Å². The van der Waals surface area contributed by atoms with Crippen LogP contribution in [0, 0.1) is 0 Å². The summed E-state index contributed by atoms with van der Waals surface area (Å²) in [6, 6.07) is 2.36. The Labute approximate surface area is 107 Å². The van der Waals surface area contributed by atoms with Gasteiger partial charge in [0.15, 0.2) is 0 Å². The van der Waals surface area contributed by atoms with E-state index >= 15 is 0 Å². The van der Waals surface area contributed by atoms with Gasteiger partial charge in [-0.2, -0.15) is 0 Å². The second-order valence-electron chi connectivity index (χ2n) is 5.84. The van der Waals surface area contributed by atoms with Gasteiger partial charge >= 0.3 is 0 Å². The van der Waals surface area contributed by atoms with Crippen molar-refractivity contribution in [3.8, 4) is 0 Å². The Hall–Kier alpha value is -0.120. The monoisotopic (exact) mass is 239 g/mol. The molecule has 0 amide bonds. The number of hydrogen-bond acceptors (Lipinski definition) is 3. The van der Waals surface area contributed by atoms with Gasteiger partial charge in [0.05, 0.1) is 0 Å². The summed E-state index contributed by atoms with van der Waals surface area (Å²) >= 11 is 0. The maximum Gasteiger partial charge on any atom is 0.0235 e. The Kier molecular flexibility index (Phi) is 4.83. The van der Waals surface area contributed by atoms with Crippen LogP contribution in [0.2, 0.25) is 0 Å². The average molecular weight is 239 g/mol. The van der Waals surface area contributed by atoms with Gasteiger partial charge in [-0.25, -0.2) is 0 Å². The fraction of sp³-hybridized carbons (Fsp3) is 1.00. The first kappa shape index (κ1) is 13.3. The summed E-state index contributed by atoms with van der Waals surface area (Å²) in [5.74, 6) is 0. The molecule has 17 heavy (non-hydrogen) atoms. The molecule has 2 aliphatic heterocycles. The summed E-state index contributed by atoms with van der Waals surface area (Å²) in [5, 5.41) is 3.50. The predicted molar refractivity (Wildman–Crippen MR) is 73.4 cm³/mol. The number of likely N-dealkylation sites (N-methyl/N-ethyl adjacent to an activating group) is 1. The molecule has 0 saturated carbocycles. The highest BCUT2D eigenvalue weighted by Gasteiger charge is 2.30. The lowest BCUT2D eigenvalue weighted by molar-refractivity contribution is 0.0719. The minimum Gasteiger partial charge on any atom is -0.315 e. The second-order valence-corrected chi connectivity index (χ2v) is 5.84. The number of piperidine rings is 1. The van der Waals surface area contributed by atoms with Crippen molar-refractivity contribution in [2.75, 3.05) is 32.7 Å². The minimum absolute atomic E-state index is 0.721. The van der Waals surface area contributed by atoms with Gasteiger partial charge in [0.2, 0.25) is 0 Å². The third kappa shape index (κ3) is 3.21. The first-order chi connectivity index (χ1) is 8.22. The van der Waals surface area contributed by atoms with Crippen LogP contribution in [0.1, 0.15) is 40.0 Å². The van der Waals surface area contributed by atoms with Crippen LogP contribution in [-0.4, -0.2) is 60.6 Å². The molecule has 1 unspecified atom stereocenters. The number of rotatable bonds is 4. The van der Waals surface area contributed by atoms with Crippen molar-refractivity contribution in [1.82, 2.24) is 15.1 Å². The Bertz CT molecular complexity index is 216. The van der Waals surface area contributed by atoms with Gasteiger partial charge < -0.3 is 10.2 Å². The second kappa shape index (κ2) is 6.17. The first-order valence-electron chi connectivity index (χ1n) is 7.43. The average Bonchev–Trinajstić information content (AvgIpc) is 2.84. The Morgan fingerprint density at radius 2 is 1.88 bits per heavy atom. The number of hydrogen-bond donors (Lipinski definition) is 1. The number of nitrogens with one attached hydrogen (secondary N) is 1. The molecule has 1 N–H and O–H groups in total. The van der Waals surface area contributed by atoms with E-state index in [9.17, 15) is 0 Å². The van der Waals surface area contributed by atoms with Crippen LogP contribution in [-0.2, 0) is 0 Å². The van der Waals surface area contributed by atoms with Crippen molar-refractivity contribution in [3.63, 3.8) is 0 Å². The minimum atomic E-state index is 0.721. The zero-order valence-electron chi connectivity index (χ0n) is 11.8. The van der Waals surface area contributed by atoms with Crippen LogP contribution in [0.5, 0.6) is 0 Å². The van der Waals surface area contributed by atoms with Gasteiger partial charge in [0, 0.05) is 24.7 Å². The van der Waals surface area contributed by atoms with E-state index in [0.29, 0.717) is 0 Å². The van der Waals surface area contributed by atoms with Crippen LogP contribution < -0.4 is 5.32 Å². The smallest absolute Gasteiger partial charge is 0.0235 e. The first-order valence-corrected chi connectivity index (χ1v) is 7.43. The highest BCUT2D eigenvalue weighted by molar-refractivity contribution is 4.88. The molecule has 0 spiro atoms. The largest absolute Gasteiger partial charge is 0.315 e. The molecule has 100 valence electrons. The van der Waals surface area contributed by atoms with E-state index in [1.54, 1.807) is 0 Å². The molecule has 0 aromatic rings. The van der Waals surface area contributed by atoms with Crippen LogP contribution in [0.25, 0.3) is 0 Å². The van der Waals surface area contributed by atoms with Crippen LogP contribution in [0.3, 0.4) is 0 Å². The molecule has 2 saturated heterocycles. The van der Waals surface area contributed by atoms with Crippen LogP contribution in [0.4, 0.5) is 0 Å². The van der Waals surface area contributed by atoms with E-state index in [-0.39, 0.29) is 0 Å². The third-order valence-electron chi connectivity index (χ3n) is 4.57. The van der Waals surface area contributed by atoms with E-state index in [4.69, 9.17) is 0 Å². The van der Waals surface area contributed by atoms with Crippen molar-refractivity contribution < 1.29 is 0 Å². The Balaban J connectivity index is 1.85. The lowest BCUT2D eigenvalue weighted by atomic mass is 9.99. The van der Waals surface area contributed by atoms with Crippen molar-refractivity contribution in [1.29, 1.82) is 0 Å². The van der Waals surface area contributed by atoms with Crippen LogP contribution in [0.15, 0.2) is 0 Å². The highest BCUT2D eigenvalue weighted by Crippen LogP contribution is 2.22.